The van der Waals surface area contributed by atoms with Gasteiger partial charge in [0.05, 0.1) is 11.3 Å². The van der Waals surface area contributed by atoms with Gasteiger partial charge >= 0.3 is 5.97 Å². The molecule has 2 aromatic carbocycles. The quantitative estimate of drug-likeness (QED) is 0.405. The molecule has 0 bridgehead atoms. The van der Waals surface area contributed by atoms with Crippen LogP contribution in [0.15, 0.2) is 57.5 Å². The summed E-state index contributed by atoms with van der Waals surface area (Å²) in [6, 6.07) is 12.8. The molecule has 35 heavy (non-hydrogen) atoms. The van der Waals surface area contributed by atoms with E-state index in [-0.39, 0.29) is 64.4 Å². The summed E-state index contributed by atoms with van der Waals surface area (Å²) in [7, 11) is 0. The number of aliphatic carboxylic acids is 1. The maximum absolute atomic E-state index is 13.2. The van der Waals surface area contributed by atoms with Gasteiger partial charge in [-0.25, -0.2) is 0 Å². The molecule has 4 rings (SSSR count). The number of rotatable bonds is 6. The van der Waals surface area contributed by atoms with E-state index >= 15 is 0 Å². The first-order valence-corrected chi connectivity index (χ1v) is 10.6. The third-order valence-electron chi connectivity index (χ3n) is 5.73. The topological polar surface area (TPSA) is 162 Å². The van der Waals surface area contributed by atoms with Crippen molar-refractivity contribution in [1.29, 1.82) is 5.26 Å². The van der Waals surface area contributed by atoms with E-state index in [2.05, 4.69) is 10.2 Å². The van der Waals surface area contributed by atoms with Gasteiger partial charge < -0.3 is 10.2 Å². The number of ketones is 2. The molecule has 0 amide bonds. The van der Waals surface area contributed by atoms with Gasteiger partial charge in [0.1, 0.15) is 11.6 Å². The van der Waals surface area contributed by atoms with E-state index in [1.54, 1.807) is 36.4 Å². The number of fused-ring (bicyclic) bond motifs is 2. The fourth-order valence-electron chi connectivity index (χ4n) is 3.97. The molecule has 10 heteroatoms. The van der Waals surface area contributed by atoms with Crippen LogP contribution in [-0.4, -0.2) is 32.3 Å². The molecule has 3 aromatic rings. The van der Waals surface area contributed by atoms with E-state index in [9.17, 15) is 29.5 Å². The normalized spacial score (nSPS) is 12.3. The summed E-state index contributed by atoms with van der Waals surface area (Å²) in [6.07, 6.45) is -0.207. The van der Waals surface area contributed by atoms with Crippen molar-refractivity contribution in [1.82, 2.24) is 4.57 Å². The number of pyridine rings is 1. The minimum Gasteiger partial charge on any atom is -0.493 e. The zero-order valence-electron chi connectivity index (χ0n) is 18.5. The van der Waals surface area contributed by atoms with Crippen molar-refractivity contribution in [3.8, 4) is 11.9 Å². The van der Waals surface area contributed by atoms with Crippen LogP contribution in [0.1, 0.15) is 55.8 Å². The predicted molar refractivity (Wildman–Crippen MR) is 123 cm³/mol. The Hall–Kier alpha value is -4.91. The lowest BCUT2D eigenvalue weighted by molar-refractivity contribution is -0.137. The van der Waals surface area contributed by atoms with E-state index < -0.39 is 23.2 Å². The Morgan fingerprint density at radius 1 is 1.00 bits per heavy atom. The molecule has 1 aliphatic carbocycles. The number of carboxylic acids is 1. The molecule has 0 atom stereocenters. The van der Waals surface area contributed by atoms with Crippen LogP contribution < -0.4 is 5.56 Å². The van der Waals surface area contributed by atoms with Gasteiger partial charge in [0.25, 0.3) is 5.56 Å². The second kappa shape index (κ2) is 9.15. The van der Waals surface area contributed by atoms with E-state index in [4.69, 9.17) is 5.11 Å². The minimum atomic E-state index is -1.07. The molecule has 0 unspecified atom stereocenters. The van der Waals surface area contributed by atoms with Gasteiger partial charge in [0.2, 0.25) is 5.88 Å². The monoisotopic (exact) mass is 470 g/mol. The number of hydrogen-bond acceptors (Lipinski definition) is 8. The average molecular weight is 470 g/mol. The molecular weight excluding hydrogens is 452 g/mol. The van der Waals surface area contributed by atoms with Gasteiger partial charge in [0.15, 0.2) is 17.3 Å². The second-order valence-electron chi connectivity index (χ2n) is 7.84. The molecule has 2 N–H and O–H groups in total. The van der Waals surface area contributed by atoms with Crippen LogP contribution in [0, 0.1) is 18.3 Å². The highest BCUT2D eigenvalue weighted by atomic mass is 16.4. The summed E-state index contributed by atoms with van der Waals surface area (Å²) in [5.41, 5.74) is -0.310. The number of carbonyl (C=O) groups is 3. The summed E-state index contributed by atoms with van der Waals surface area (Å²) in [5.74, 6) is -2.38. The van der Waals surface area contributed by atoms with E-state index in [0.29, 0.717) is 5.56 Å². The fourth-order valence-corrected chi connectivity index (χ4v) is 3.97. The van der Waals surface area contributed by atoms with E-state index in [1.165, 1.54) is 19.1 Å². The number of benzene rings is 2. The van der Waals surface area contributed by atoms with Gasteiger partial charge in [-0.3, -0.25) is 23.7 Å². The molecule has 1 aliphatic rings. The summed E-state index contributed by atoms with van der Waals surface area (Å²) >= 11 is 0. The molecule has 0 aliphatic heterocycles. The van der Waals surface area contributed by atoms with Crippen molar-refractivity contribution in [3.63, 3.8) is 0 Å². The number of nitriles is 1. The molecule has 1 aromatic heterocycles. The summed E-state index contributed by atoms with van der Waals surface area (Å²) < 4.78 is 0.869. The number of carbonyl (C=O) groups excluding carboxylic acids is 2. The molecule has 1 heterocycles. The number of aromatic hydroxyl groups is 1. The lowest BCUT2D eigenvalue weighted by atomic mass is 9.83. The SMILES string of the molecule is Cc1c(/N=N/c2cccc3c2C(=O)c2ccccc2C3=O)c(O)n(CCCC(=O)O)c(=O)c1C#N. The predicted octanol–water partition coefficient (Wildman–Crippen LogP) is 3.79. The first-order valence-electron chi connectivity index (χ1n) is 10.6. The van der Waals surface area contributed by atoms with Gasteiger partial charge in [-0.2, -0.15) is 5.26 Å². The second-order valence-corrected chi connectivity index (χ2v) is 7.84. The maximum atomic E-state index is 13.2. The van der Waals surface area contributed by atoms with Crippen molar-refractivity contribution in [3.05, 3.63) is 86.2 Å². The van der Waals surface area contributed by atoms with Gasteiger partial charge in [-0.05, 0) is 19.4 Å². The van der Waals surface area contributed by atoms with Gasteiger partial charge in [0, 0.05) is 35.2 Å². The lowest BCUT2D eigenvalue weighted by Crippen LogP contribution is -2.24. The molecule has 174 valence electrons. The first kappa shape index (κ1) is 23.3. The summed E-state index contributed by atoms with van der Waals surface area (Å²) in [4.78, 5) is 49.5. The highest BCUT2D eigenvalue weighted by Gasteiger charge is 2.31. The largest absolute Gasteiger partial charge is 0.493 e. The number of carboxylic acid groups (broad SMARTS) is 1. The Kier molecular flexibility index (Phi) is 6.08. The Morgan fingerprint density at radius 3 is 2.31 bits per heavy atom. The zero-order chi connectivity index (χ0) is 25.3. The van der Waals surface area contributed by atoms with Crippen LogP contribution in [0.25, 0.3) is 0 Å². The van der Waals surface area contributed by atoms with Crippen molar-refractivity contribution < 1.29 is 24.6 Å². The highest BCUT2D eigenvalue weighted by Crippen LogP contribution is 2.36. The fraction of sp³-hybridized carbons (Fsp3) is 0.160. The van der Waals surface area contributed by atoms with Crippen LogP contribution >= 0.6 is 0 Å². The number of azo groups is 1. The van der Waals surface area contributed by atoms with Crippen molar-refractivity contribution >= 4 is 28.9 Å². The van der Waals surface area contributed by atoms with Crippen LogP contribution in [0.3, 0.4) is 0 Å². The summed E-state index contributed by atoms with van der Waals surface area (Å²) in [6.45, 7) is 1.26. The van der Waals surface area contributed by atoms with Crippen LogP contribution in [-0.2, 0) is 11.3 Å². The minimum absolute atomic E-state index is 0.0372. The average Bonchev–Trinajstić information content (AvgIpc) is 2.84. The van der Waals surface area contributed by atoms with Crippen molar-refractivity contribution in [2.75, 3.05) is 0 Å². The molecule has 0 spiro atoms. The van der Waals surface area contributed by atoms with Gasteiger partial charge in [-0.1, -0.05) is 36.4 Å². The van der Waals surface area contributed by atoms with Crippen LogP contribution in [0.4, 0.5) is 11.4 Å². The third kappa shape index (κ3) is 4.00. The van der Waals surface area contributed by atoms with Crippen LogP contribution in [0.2, 0.25) is 0 Å². The Bertz CT molecular complexity index is 1540. The Balaban J connectivity index is 1.81. The summed E-state index contributed by atoms with van der Waals surface area (Å²) in [5, 5.41) is 37.2. The maximum Gasteiger partial charge on any atom is 0.303 e. The standard InChI is InChI=1S/C25H18N4O6/c1-13-17(12-26)24(34)29(11-5-10-19(30)31)25(35)21(13)28-27-18-9-4-8-16-20(18)23(33)15-7-3-2-6-14(15)22(16)32/h2-4,6-9,35H,5,10-11H2,1H3,(H,30,31)/b28-27+. The Morgan fingerprint density at radius 2 is 1.66 bits per heavy atom. The first-order chi connectivity index (χ1) is 16.8. The number of aromatic nitrogens is 1. The van der Waals surface area contributed by atoms with E-state index in [1.807, 2.05) is 0 Å². The zero-order valence-corrected chi connectivity index (χ0v) is 18.5. The van der Waals surface area contributed by atoms with Crippen LogP contribution in [0.5, 0.6) is 5.88 Å². The smallest absolute Gasteiger partial charge is 0.303 e. The molecule has 0 saturated heterocycles. The van der Waals surface area contributed by atoms with Crippen molar-refractivity contribution in [2.24, 2.45) is 10.2 Å². The van der Waals surface area contributed by atoms with E-state index in [0.717, 1.165) is 4.57 Å². The third-order valence-corrected chi connectivity index (χ3v) is 5.73. The molecule has 10 nitrogen and oxygen atoms in total. The Labute approximate surface area is 198 Å². The molecule has 0 radical (unpaired) electrons. The molecular formula is C25H18N4O6. The van der Waals surface area contributed by atoms with Gasteiger partial charge in [-0.15, -0.1) is 10.2 Å². The van der Waals surface area contributed by atoms with Crippen molar-refractivity contribution in [2.45, 2.75) is 26.3 Å². The lowest BCUT2D eigenvalue weighted by Gasteiger charge is -2.18. The number of hydrogen-bond donors (Lipinski definition) is 2. The highest BCUT2D eigenvalue weighted by molar-refractivity contribution is 6.29. The number of nitrogens with zero attached hydrogens (tertiary/aromatic N) is 4. The molecule has 0 fully saturated rings. The molecule has 0 saturated carbocycles.